The number of pyridine rings is 1. The highest BCUT2D eigenvalue weighted by Crippen LogP contribution is 2.29. The number of carbonyl (C=O) groups is 1. The van der Waals surface area contributed by atoms with Crippen LogP contribution < -0.4 is 10.1 Å². The second-order valence-corrected chi connectivity index (χ2v) is 9.23. The van der Waals surface area contributed by atoms with Crippen molar-refractivity contribution in [3.05, 3.63) is 77.0 Å². The number of amides is 1. The van der Waals surface area contributed by atoms with Gasteiger partial charge in [-0.05, 0) is 76.3 Å². The number of aromatic nitrogens is 3. The summed E-state index contributed by atoms with van der Waals surface area (Å²) in [6, 6.07) is 17.5. The summed E-state index contributed by atoms with van der Waals surface area (Å²) < 4.78 is 7.69. The molecule has 1 amide bonds. The lowest BCUT2D eigenvalue weighted by atomic mass is 10.00. The smallest absolute Gasteiger partial charge is 0.252 e. The molecule has 0 fully saturated rings. The molecule has 0 bridgehead atoms. The molecule has 4 aromatic rings. The molecule has 0 saturated heterocycles. The molecule has 2 aromatic heterocycles. The molecule has 1 unspecified atom stereocenters. The summed E-state index contributed by atoms with van der Waals surface area (Å²) in [7, 11) is 5.92. The Bertz CT molecular complexity index is 1360. The normalized spacial score (nSPS) is 12.2. The van der Waals surface area contributed by atoms with Gasteiger partial charge in [0.1, 0.15) is 12.4 Å². The average molecular weight is 472 g/mol. The second kappa shape index (κ2) is 10.3. The quantitative estimate of drug-likeness (QED) is 0.404. The van der Waals surface area contributed by atoms with Crippen molar-refractivity contribution in [2.75, 3.05) is 27.2 Å². The van der Waals surface area contributed by atoms with E-state index >= 15 is 0 Å². The van der Waals surface area contributed by atoms with E-state index in [1.54, 1.807) is 0 Å². The van der Waals surface area contributed by atoms with E-state index < -0.39 is 0 Å². The number of rotatable bonds is 8. The number of para-hydroxylation sites is 1. The van der Waals surface area contributed by atoms with Gasteiger partial charge in [-0.1, -0.05) is 24.3 Å². The predicted octanol–water partition coefficient (Wildman–Crippen LogP) is 4.68. The van der Waals surface area contributed by atoms with Gasteiger partial charge in [0.2, 0.25) is 0 Å². The summed E-state index contributed by atoms with van der Waals surface area (Å²) in [4.78, 5) is 20.3. The van der Waals surface area contributed by atoms with E-state index in [2.05, 4.69) is 21.4 Å². The van der Waals surface area contributed by atoms with E-state index in [0.717, 1.165) is 45.7 Å². The number of nitrogens with zero attached hydrogens (tertiary/aromatic N) is 4. The van der Waals surface area contributed by atoms with Crippen LogP contribution in [0.15, 0.2) is 54.6 Å². The fraction of sp³-hybridized carbons (Fsp3) is 0.321. The fourth-order valence-electron chi connectivity index (χ4n) is 4.18. The maximum absolute atomic E-state index is 13.3. The first-order chi connectivity index (χ1) is 16.7. The molecule has 0 spiro atoms. The van der Waals surface area contributed by atoms with E-state index in [0.29, 0.717) is 17.9 Å². The zero-order valence-electron chi connectivity index (χ0n) is 21.3. The van der Waals surface area contributed by atoms with Crippen molar-refractivity contribution in [1.29, 1.82) is 0 Å². The zero-order valence-corrected chi connectivity index (χ0v) is 21.3. The second-order valence-electron chi connectivity index (χ2n) is 9.23. The lowest BCUT2D eigenvalue weighted by molar-refractivity contribution is 0.0939. The Labute approximate surface area is 206 Å². The Kier molecular flexibility index (Phi) is 7.17. The molecule has 182 valence electrons. The molecule has 2 heterocycles. The Morgan fingerprint density at radius 1 is 1.11 bits per heavy atom. The van der Waals surface area contributed by atoms with Gasteiger partial charge < -0.3 is 15.0 Å². The summed E-state index contributed by atoms with van der Waals surface area (Å²) in [5, 5.41) is 8.68. The minimum atomic E-state index is -0.235. The SMILES string of the molecule is Cc1cc(-c2cc(C(C)NC(=O)c3cc(OCCN(C)C)ccc3C)c3ccccc3n2)n(C)n1. The van der Waals surface area contributed by atoms with Gasteiger partial charge in [0.15, 0.2) is 0 Å². The van der Waals surface area contributed by atoms with E-state index in [1.165, 1.54) is 0 Å². The number of hydrogen-bond donors (Lipinski definition) is 1. The van der Waals surface area contributed by atoms with Gasteiger partial charge in [-0.25, -0.2) is 4.98 Å². The average Bonchev–Trinajstić information content (AvgIpc) is 3.16. The molecule has 4 rings (SSSR count). The van der Waals surface area contributed by atoms with Crippen LogP contribution in [0, 0.1) is 13.8 Å². The van der Waals surface area contributed by atoms with Gasteiger partial charge in [-0.15, -0.1) is 0 Å². The van der Waals surface area contributed by atoms with Crippen LogP contribution in [0.3, 0.4) is 0 Å². The summed E-state index contributed by atoms with van der Waals surface area (Å²) >= 11 is 0. The molecular formula is C28H33N5O2. The summed E-state index contributed by atoms with van der Waals surface area (Å²) in [5.74, 6) is 0.561. The third-order valence-corrected chi connectivity index (χ3v) is 6.09. The first-order valence-corrected chi connectivity index (χ1v) is 11.8. The maximum atomic E-state index is 13.3. The van der Waals surface area contributed by atoms with Crippen LogP contribution in [-0.2, 0) is 7.05 Å². The molecule has 0 aliphatic rings. The van der Waals surface area contributed by atoms with Crippen LogP contribution in [0.1, 0.15) is 40.1 Å². The summed E-state index contributed by atoms with van der Waals surface area (Å²) in [6.07, 6.45) is 0. The predicted molar refractivity (Wildman–Crippen MR) is 140 cm³/mol. The molecule has 35 heavy (non-hydrogen) atoms. The number of benzene rings is 2. The third kappa shape index (κ3) is 5.52. The largest absolute Gasteiger partial charge is 0.492 e. The Balaban J connectivity index is 1.63. The molecule has 0 radical (unpaired) electrons. The van der Waals surface area contributed by atoms with E-state index in [9.17, 15) is 4.79 Å². The maximum Gasteiger partial charge on any atom is 0.252 e. The van der Waals surface area contributed by atoms with Crippen molar-refractivity contribution in [3.8, 4) is 17.1 Å². The lowest BCUT2D eigenvalue weighted by Gasteiger charge is -2.19. The molecule has 1 atom stereocenters. The minimum Gasteiger partial charge on any atom is -0.492 e. The number of hydrogen-bond acceptors (Lipinski definition) is 5. The van der Waals surface area contributed by atoms with E-state index in [-0.39, 0.29) is 11.9 Å². The molecule has 7 heteroatoms. The molecule has 0 aliphatic carbocycles. The number of aryl methyl sites for hydroxylation is 3. The van der Waals surface area contributed by atoms with Crippen LogP contribution in [0.2, 0.25) is 0 Å². The standard InChI is InChI=1S/C28H33N5O2/c1-18-11-12-21(35-14-13-32(4)5)16-23(18)28(34)29-20(3)24-17-26(27-15-19(2)31-33(27)6)30-25-10-8-7-9-22(24)25/h7-12,15-17,20H,13-14H2,1-6H3,(H,29,34). The van der Waals surface area contributed by atoms with Crippen LogP contribution in [0.4, 0.5) is 0 Å². The third-order valence-electron chi connectivity index (χ3n) is 6.09. The number of fused-ring (bicyclic) bond motifs is 1. The van der Waals surface area contributed by atoms with Gasteiger partial charge in [0.05, 0.1) is 28.6 Å². The van der Waals surface area contributed by atoms with Crippen molar-refractivity contribution < 1.29 is 9.53 Å². The van der Waals surface area contributed by atoms with Gasteiger partial charge >= 0.3 is 0 Å². The number of likely N-dealkylation sites (N-methyl/N-ethyl adjacent to an activating group) is 1. The molecule has 0 saturated carbocycles. The summed E-state index contributed by atoms with van der Waals surface area (Å²) in [6.45, 7) is 7.28. The Hall–Kier alpha value is -3.71. The van der Waals surface area contributed by atoms with Gasteiger partial charge in [0.25, 0.3) is 5.91 Å². The molecule has 7 nitrogen and oxygen atoms in total. The van der Waals surface area contributed by atoms with Crippen LogP contribution in [0.5, 0.6) is 5.75 Å². The molecule has 0 aliphatic heterocycles. The highest BCUT2D eigenvalue weighted by atomic mass is 16.5. The Morgan fingerprint density at radius 2 is 1.89 bits per heavy atom. The summed E-state index contributed by atoms with van der Waals surface area (Å²) in [5.41, 5.74) is 6.10. The van der Waals surface area contributed by atoms with E-state index in [1.807, 2.05) is 95.1 Å². The first-order valence-electron chi connectivity index (χ1n) is 11.8. The van der Waals surface area contributed by atoms with Gasteiger partial charge in [0, 0.05) is 24.5 Å². The topological polar surface area (TPSA) is 72.3 Å². The molecular weight excluding hydrogens is 438 g/mol. The van der Waals surface area contributed by atoms with Gasteiger partial charge in [-0.2, -0.15) is 5.10 Å². The van der Waals surface area contributed by atoms with Crippen LogP contribution in [0.25, 0.3) is 22.3 Å². The molecule has 2 aromatic carbocycles. The van der Waals surface area contributed by atoms with Gasteiger partial charge in [-0.3, -0.25) is 9.48 Å². The van der Waals surface area contributed by atoms with E-state index in [4.69, 9.17) is 9.72 Å². The lowest BCUT2D eigenvalue weighted by Crippen LogP contribution is -2.27. The van der Waals surface area contributed by atoms with Crippen molar-refractivity contribution >= 4 is 16.8 Å². The Morgan fingerprint density at radius 3 is 2.60 bits per heavy atom. The van der Waals surface area contributed by atoms with Crippen molar-refractivity contribution in [2.45, 2.75) is 26.8 Å². The van der Waals surface area contributed by atoms with Crippen molar-refractivity contribution in [3.63, 3.8) is 0 Å². The highest BCUT2D eigenvalue weighted by Gasteiger charge is 2.19. The highest BCUT2D eigenvalue weighted by molar-refractivity contribution is 5.96. The van der Waals surface area contributed by atoms with Crippen LogP contribution >= 0.6 is 0 Å². The minimum absolute atomic E-state index is 0.133. The zero-order chi connectivity index (χ0) is 25.1. The fourth-order valence-corrected chi connectivity index (χ4v) is 4.18. The number of carbonyl (C=O) groups excluding carboxylic acids is 1. The van der Waals surface area contributed by atoms with Crippen molar-refractivity contribution in [2.24, 2.45) is 7.05 Å². The number of nitrogens with one attached hydrogen (secondary N) is 1. The van der Waals surface area contributed by atoms with Crippen LogP contribution in [-0.4, -0.2) is 52.8 Å². The number of ether oxygens (including phenoxy) is 1. The first kappa shape index (κ1) is 24.4. The molecule has 1 N–H and O–H groups in total. The monoisotopic (exact) mass is 471 g/mol. The van der Waals surface area contributed by atoms with Crippen molar-refractivity contribution in [1.82, 2.24) is 25.0 Å².